The van der Waals surface area contributed by atoms with E-state index < -0.39 is 0 Å². The first-order valence-electron chi connectivity index (χ1n) is 6.97. The Morgan fingerprint density at radius 2 is 1.94 bits per heavy atom. The van der Waals surface area contributed by atoms with E-state index in [-0.39, 0.29) is 5.54 Å². The van der Waals surface area contributed by atoms with Crippen LogP contribution in [0.15, 0.2) is 29.8 Å². The molecule has 0 spiro atoms. The SMILES string of the molecule is CC(=Cc1ccccc1C1CC1)CNC(C)(C)C. The van der Waals surface area contributed by atoms with Gasteiger partial charge < -0.3 is 5.32 Å². The fourth-order valence-corrected chi connectivity index (χ4v) is 2.13. The van der Waals surface area contributed by atoms with Crippen LogP contribution >= 0.6 is 0 Å². The molecule has 98 valence electrons. The van der Waals surface area contributed by atoms with Gasteiger partial charge in [0.05, 0.1) is 0 Å². The van der Waals surface area contributed by atoms with Gasteiger partial charge in [0, 0.05) is 12.1 Å². The average molecular weight is 243 g/mol. The fourth-order valence-electron chi connectivity index (χ4n) is 2.13. The topological polar surface area (TPSA) is 12.0 Å². The molecule has 0 saturated heterocycles. The van der Waals surface area contributed by atoms with Crippen LogP contribution in [0.4, 0.5) is 0 Å². The second kappa shape index (κ2) is 5.27. The number of hydrogen-bond acceptors (Lipinski definition) is 1. The molecule has 1 heteroatoms. The molecule has 0 bridgehead atoms. The van der Waals surface area contributed by atoms with Gasteiger partial charge in [-0.3, -0.25) is 0 Å². The Labute approximate surface area is 111 Å². The predicted octanol–water partition coefficient (Wildman–Crippen LogP) is 4.36. The fraction of sp³-hybridized carbons (Fsp3) is 0.529. The van der Waals surface area contributed by atoms with Crippen molar-refractivity contribution >= 4 is 6.08 Å². The van der Waals surface area contributed by atoms with Gasteiger partial charge in [-0.2, -0.15) is 0 Å². The first kappa shape index (κ1) is 13.4. The molecule has 1 fully saturated rings. The lowest BCUT2D eigenvalue weighted by atomic mass is 10.0. The molecule has 0 heterocycles. The summed E-state index contributed by atoms with van der Waals surface area (Å²) < 4.78 is 0. The molecule has 0 radical (unpaired) electrons. The summed E-state index contributed by atoms with van der Waals surface area (Å²) in [6.07, 6.45) is 5.07. The third-order valence-electron chi connectivity index (χ3n) is 3.31. The Bertz CT molecular complexity index is 433. The van der Waals surface area contributed by atoms with Gasteiger partial charge in [-0.25, -0.2) is 0 Å². The minimum absolute atomic E-state index is 0.186. The molecular weight excluding hydrogens is 218 g/mol. The summed E-state index contributed by atoms with van der Waals surface area (Å²) in [6, 6.07) is 8.83. The van der Waals surface area contributed by atoms with Gasteiger partial charge in [0.15, 0.2) is 0 Å². The first-order valence-corrected chi connectivity index (χ1v) is 6.97. The lowest BCUT2D eigenvalue weighted by Crippen LogP contribution is -2.36. The van der Waals surface area contributed by atoms with Crippen LogP contribution in [0.25, 0.3) is 6.08 Å². The standard InChI is InChI=1S/C17H25N/c1-13(12-18-17(2,3)4)11-15-7-5-6-8-16(15)14-9-10-14/h5-8,11,14,18H,9-10,12H2,1-4H3. The zero-order valence-electron chi connectivity index (χ0n) is 12.1. The lowest BCUT2D eigenvalue weighted by Gasteiger charge is -2.20. The summed E-state index contributed by atoms with van der Waals surface area (Å²) in [6.45, 7) is 9.79. The van der Waals surface area contributed by atoms with Gasteiger partial charge in [0.1, 0.15) is 0 Å². The van der Waals surface area contributed by atoms with E-state index in [1.54, 1.807) is 0 Å². The Hall–Kier alpha value is -1.08. The molecular formula is C17H25N. The van der Waals surface area contributed by atoms with E-state index in [0.29, 0.717) is 0 Å². The zero-order chi connectivity index (χ0) is 13.2. The second-order valence-corrected chi connectivity index (χ2v) is 6.50. The van der Waals surface area contributed by atoms with Crippen LogP contribution in [-0.2, 0) is 0 Å². The summed E-state index contributed by atoms with van der Waals surface area (Å²) in [4.78, 5) is 0. The van der Waals surface area contributed by atoms with Gasteiger partial charge in [0.25, 0.3) is 0 Å². The second-order valence-electron chi connectivity index (χ2n) is 6.50. The van der Waals surface area contributed by atoms with Crippen LogP contribution in [-0.4, -0.2) is 12.1 Å². The van der Waals surface area contributed by atoms with Crippen LogP contribution in [0, 0.1) is 0 Å². The molecule has 1 aromatic rings. The van der Waals surface area contributed by atoms with Gasteiger partial charge >= 0.3 is 0 Å². The van der Waals surface area contributed by atoms with Crippen molar-refractivity contribution in [3.05, 3.63) is 41.0 Å². The van der Waals surface area contributed by atoms with Crippen molar-refractivity contribution in [2.24, 2.45) is 0 Å². The summed E-state index contributed by atoms with van der Waals surface area (Å²) in [5.41, 5.74) is 4.53. The predicted molar refractivity (Wildman–Crippen MR) is 79.8 cm³/mol. The van der Waals surface area contributed by atoms with Crippen molar-refractivity contribution in [1.29, 1.82) is 0 Å². The normalized spacial score (nSPS) is 17.0. The Kier molecular flexibility index (Phi) is 3.91. The van der Waals surface area contributed by atoms with E-state index in [0.717, 1.165) is 12.5 Å². The van der Waals surface area contributed by atoms with Crippen molar-refractivity contribution in [1.82, 2.24) is 5.32 Å². The molecule has 1 N–H and O–H groups in total. The quantitative estimate of drug-likeness (QED) is 0.828. The maximum Gasteiger partial charge on any atom is 0.0170 e. The molecule has 0 aromatic heterocycles. The smallest absolute Gasteiger partial charge is 0.0170 e. The molecule has 0 unspecified atom stereocenters. The Balaban J connectivity index is 2.07. The van der Waals surface area contributed by atoms with Crippen LogP contribution in [0.1, 0.15) is 57.6 Å². The summed E-state index contributed by atoms with van der Waals surface area (Å²) in [5, 5.41) is 3.54. The van der Waals surface area contributed by atoms with E-state index in [4.69, 9.17) is 0 Å². The highest BCUT2D eigenvalue weighted by atomic mass is 14.9. The van der Waals surface area contributed by atoms with Gasteiger partial charge in [-0.05, 0) is 57.6 Å². The van der Waals surface area contributed by atoms with Crippen LogP contribution < -0.4 is 5.32 Å². The van der Waals surface area contributed by atoms with Crippen molar-refractivity contribution in [2.45, 2.75) is 52.0 Å². The molecule has 18 heavy (non-hydrogen) atoms. The van der Waals surface area contributed by atoms with Gasteiger partial charge in [-0.1, -0.05) is 35.9 Å². The number of nitrogens with one attached hydrogen (secondary N) is 1. The summed E-state index contributed by atoms with van der Waals surface area (Å²) in [5.74, 6) is 0.820. The minimum Gasteiger partial charge on any atom is -0.308 e. The molecule has 1 saturated carbocycles. The van der Waals surface area contributed by atoms with Crippen LogP contribution in [0.3, 0.4) is 0 Å². The first-order chi connectivity index (χ1) is 8.46. The van der Waals surface area contributed by atoms with E-state index in [1.807, 2.05) is 0 Å². The van der Waals surface area contributed by atoms with E-state index in [9.17, 15) is 0 Å². The lowest BCUT2D eigenvalue weighted by molar-refractivity contribution is 0.445. The van der Waals surface area contributed by atoms with Crippen molar-refractivity contribution in [2.75, 3.05) is 6.54 Å². The minimum atomic E-state index is 0.186. The van der Waals surface area contributed by atoms with Crippen molar-refractivity contribution < 1.29 is 0 Å². The largest absolute Gasteiger partial charge is 0.308 e. The van der Waals surface area contributed by atoms with Crippen molar-refractivity contribution in [3.8, 4) is 0 Å². The van der Waals surface area contributed by atoms with Crippen molar-refractivity contribution in [3.63, 3.8) is 0 Å². The summed E-state index contributed by atoms with van der Waals surface area (Å²) in [7, 11) is 0. The molecule has 0 aliphatic heterocycles. The highest BCUT2D eigenvalue weighted by Gasteiger charge is 2.24. The Morgan fingerprint density at radius 1 is 1.28 bits per heavy atom. The third-order valence-corrected chi connectivity index (χ3v) is 3.31. The van der Waals surface area contributed by atoms with Gasteiger partial charge in [0.2, 0.25) is 0 Å². The third kappa shape index (κ3) is 3.99. The van der Waals surface area contributed by atoms with Crippen LogP contribution in [0.2, 0.25) is 0 Å². The van der Waals surface area contributed by atoms with E-state index >= 15 is 0 Å². The number of benzene rings is 1. The monoisotopic (exact) mass is 243 g/mol. The molecule has 1 aliphatic rings. The summed E-state index contributed by atoms with van der Waals surface area (Å²) >= 11 is 0. The molecule has 2 rings (SSSR count). The van der Waals surface area contributed by atoms with E-state index in [1.165, 1.54) is 29.5 Å². The zero-order valence-corrected chi connectivity index (χ0v) is 12.1. The van der Waals surface area contributed by atoms with E-state index in [2.05, 4.69) is 63.4 Å². The molecule has 0 atom stereocenters. The highest BCUT2D eigenvalue weighted by molar-refractivity contribution is 5.58. The van der Waals surface area contributed by atoms with Crippen LogP contribution in [0.5, 0.6) is 0 Å². The maximum atomic E-state index is 3.54. The number of hydrogen-bond donors (Lipinski definition) is 1. The number of rotatable bonds is 4. The maximum absolute atomic E-state index is 3.54. The molecule has 1 nitrogen and oxygen atoms in total. The van der Waals surface area contributed by atoms with Gasteiger partial charge in [-0.15, -0.1) is 0 Å². The Morgan fingerprint density at radius 3 is 2.56 bits per heavy atom. The molecule has 1 aliphatic carbocycles. The average Bonchev–Trinajstić information content (AvgIpc) is 3.10. The highest BCUT2D eigenvalue weighted by Crippen LogP contribution is 2.42. The molecule has 1 aromatic carbocycles. The molecule has 0 amide bonds.